The summed E-state index contributed by atoms with van der Waals surface area (Å²) in [5, 5.41) is 0. The monoisotopic (exact) mass is 151 g/mol. The number of nitrogens with two attached hydrogens (primary N) is 1. The van der Waals surface area contributed by atoms with Gasteiger partial charge in [-0.1, -0.05) is 38.5 Å². The Hall–Kier alpha value is -0.980. The van der Waals surface area contributed by atoms with Crippen molar-refractivity contribution in [3.05, 3.63) is 29.8 Å². The van der Waals surface area contributed by atoms with Crippen molar-refractivity contribution in [2.45, 2.75) is 27.2 Å². The predicted octanol–water partition coefficient (Wildman–Crippen LogP) is 2.99. The molecular formula is C10H17N. The van der Waals surface area contributed by atoms with Crippen molar-refractivity contribution in [2.75, 3.05) is 5.73 Å². The molecule has 11 heavy (non-hydrogen) atoms. The highest BCUT2D eigenvalue weighted by Crippen LogP contribution is 2.06. The molecule has 0 aliphatic heterocycles. The second-order valence-corrected chi connectivity index (χ2v) is 2.56. The Labute approximate surface area is 69.2 Å². The molecule has 1 rings (SSSR count). The number of aryl methyl sites for hydroxylation is 1. The molecule has 0 heterocycles. The van der Waals surface area contributed by atoms with Crippen LogP contribution in [0.15, 0.2) is 24.3 Å². The van der Waals surface area contributed by atoms with Gasteiger partial charge in [-0.2, -0.15) is 0 Å². The van der Waals surface area contributed by atoms with Gasteiger partial charge in [0.25, 0.3) is 0 Å². The van der Waals surface area contributed by atoms with E-state index in [-0.39, 0.29) is 0 Å². The highest BCUT2D eigenvalue weighted by atomic mass is 14.5. The molecular weight excluding hydrogens is 134 g/mol. The van der Waals surface area contributed by atoms with Gasteiger partial charge in [0.05, 0.1) is 0 Å². The fraction of sp³-hybridized carbons (Fsp3) is 0.400. The highest BCUT2D eigenvalue weighted by molar-refractivity contribution is 5.44. The summed E-state index contributed by atoms with van der Waals surface area (Å²) in [7, 11) is 0. The van der Waals surface area contributed by atoms with Crippen LogP contribution < -0.4 is 5.73 Å². The first kappa shape index (κ1) is 10.0. The van der Waals surface area contributed by atoms with Gasteiger partial charge in [-0.05, 0) is 18.6 Å². The van der Waals surface area contributed by atoms with Crippen LogP contribution >= 0.6 is 0 Å². The third-order valence-electron chi connectivity index (χ3n) is 1.19. The van der Waals surface area contributed by atoms with E-state index in [2.05, 4.69) is 13.8 Å². The van der Waals surface area contributed by atoms with Gasteiger partial charge >= 0.3 is 0 Å². The summed E-state index contributed by atoms with van der Waals surface area (Å²) in [6, 6.07) is 7.80. The quantitative estimate of drug-likeness (QED) is 0.567. The number of para-hydroxylation sites is 1. The van der Waals surface area contributed by atoms with E-state index in [9.17, 15) is 0 Å². The minimum absolute atomic E-state index is 0.868. The molecule has 2 N–H and O–H groups in total. The van der Waals surface area contributed by atoms with Crippen molar-refractivity contribution in [3.8, 4) is 0 Å². The largest absolute Gasteiger partial charge is 0.399 e. The summed E-state index contributed by atoms with van der Waals surface area (Å²) >= 11 is 0. The lowest BCUT2D eigenvalue weighted by Crippen LogP contribution is -1.85. The summed E-state index contributed by atoms with van der Waals surface area (Å²) in [6.45, 7) is 6.25. The molecule has 1 nitrogen and oxygen atoms in total. The molecule has 0 saturated carbocycles. The van der Waals surface area contributed by atoms with Gasteiger partial charge in [-0.25, -0.2) is 0 Å². The molecule has 1 aromatic rings. The summed E-state index contributed by atoms with van der Waals surface area (Å²) in [6.07, 6.45) is 1.25. The highest BCUT2D eigenvalue weighted by Gasteiger charge is 1.84. The minimum atomic E-state index is 0.868. The van der Waals surface area contributed by atoms with Crippen molar-refractivity contribution in [1.82, 2.24) is 0 Å². The lowest BCUT2D eigenvalue weighted by molar-refractivity contribution is 1.09. The van der Waals surface area contributed by atoms with Crippen LogP contribution in [-0.2, 0) is 0 Å². The van der Waals surface area contributed by atoms with Crippen molar-refractivity contribution >= 4 is 5.69 Å². The van der Waals surface area contributed by atoms with E-state index < -0.39 is 0 Å². The average molecular weight is 151 g/mol. The van der Waals surface area contributed by atoms with E-state index in [0.29, 0.717) is 0 Å². The molecule has 0 aliphatic rings. The number of benzene rings is 1. The molecule has 0 saturated heterocycles. The number of hydrogen-bond donors (Lipinski definition) is 1. The first-order valence-corrected chi connectivity index (χ1v) is 4.03. The SMILES string of the molecule is CCC.Cc1ccccc1N. The molecule has 0 bridgehead atoms. The average Bonchev–Trinajstić information content (AvgIpc) is 1.97. The van der Waals surface area contributed by atoms with E-state index in [1.165, 1.54) is 6.42 Å². The molecule has 0 fully saturated rings. The molecule has 0 spiro atoms. The van der Waals surface area contributed by atoms with Crippen LogP contribution in [0.4, 0.5) is 5.69 Å². The Morgan fingerprint density at radius 2 is 1.64 bits per heavy atom. The van der Waals surface area contributed by atoms with E-state index in [4.69, 9.17) is 5.73 Å². The van der Waals surface area contributed by atoms with E-state index in [1.807, 2.05) is 31.2 Å². The number of nitrogen functional groups attached to an aromatic ring is 1. The third kappa shape index (κ3) is 4.43. The summed E-state index contributed by atoms with van der Waals surface area (Å²) in [5.74, 6) is 0. The Morgan fingerprint density at radius 3 is 1.91 bits per heavy atom. The first-order chi connectivity index (χ1) is 5.22. The summed E-state index contributed by atoms with van der Waals surface area (Å²) in [4.78, 5) is 0. The van der Waals surface area contributed by atoms with E-state index >= 15 is 0 Å². The van der Waals surface area contributed by atoms with Gasteiger partial charge in [-0.15, -0.1) is 0 Å². The van der Waals surface area contributed by atoms with Crippen LogP contribution in [0.25, 0.3) is 0 Å². The van der Waals surface area contributed by atoms with Crippen LogP contribution in [0, 0.1) is 6.92 Å². The van der Waals surface area contributed by atoms with Crippen LogP contribution in [0.1, 0.15) is 25.8 Å². The second kappa shape index (κ2) is 5.78. The zero-order valence-corrected chi connectivity index (χ0v) is 7.59. The topological polar surface area (TPSA) is 26.0 Å². The van der Waals surface area contributed by atoms with Crippen molar-refractivity contribution in [2.24, 2.45) is 0 Å². The standard InChI is InChI=1S/C7H9N.C3H8/c1-6-4-2-3-5-7(6)8;1-3-2/h2-5H,8H2,1H3;3H2,1-2H3. The second-order valence-electron chi connectivity index (χ2n) is 2.56. The fourth-order valence-corrected chi connectivity index (χ4v) is 0.587. The third-order valence-corrected chi connectivity index (χ3v) is 1.19. The molecule has 0 aliphatic carbocycles. The zero-order valence-electron chi connectivity index (χ0n) is 7.59. The van der Waals surface area contributed by atoms with Crippen molar-refractivity contribution in [3.63, 3.8) is 0 Å². The Morgan fingerprint density at radius 1 is 1.18 bits per heavy atom. The van der Waals surface area contributed by atoms with Crippen LogP contribution in [0.3, 0.4) is 0 Å². The predicted molar refractivity (Wildman–Crippen MR) is 51.6 cm³/mol. The Kier molecular flexibility index (Phi) is 5.26. The number of hydrogen-bond acceptors (Lipinski definition) is 1. The molecule has 0 aromatic heterocycles. The van der Waals surface area contributed by atoms with Gasteiger partial charge in [-0.3, -0.25) is 0 Å². The zero-order chi connectivity index (χ0) is 8.69. The molecule has 0 amide bonds. The van der Waals surface area contributed by atoms with Gasteiger partial charge < -0.3 is 5.73 Å². The summed E-state index contributed by atoms with van der Waals surface area (Å²) in [5.41, 5.74) is 7.53. The van der Waals surface area contributed by atoms with Gasteiger partial charge in [0.2, 0.25) is 0 Å². The molecule has 1 aromatic carbocycles. The molecule has 0 radical (unpaired) electrons. The molecule has 1 heteroatoms. The van der Waals surface area contributed by atoms with Crippen LogP contribution in [0.2, 0.25) is 0 Å². The van der Waals surface area contributed by atoms with Crippen LogP contribution in [0.5, 0.6) is 0 Å². The summed E-state index contributed by atoms with van der Waals surface area (Å²) < 4.78 is 0. The maximum atomic E-state index is 5.52. The van der Waals surface area contributed by atoms with Gasteiger partial charge in [0.15, 0.2) is 0 Å². The van der Waals surface area contributed by atoms with Crippen molar-refractivity contribution in [1.29, 1.82) is 0 Å². The van der Waals surface area contributed by atoms with Crippen molar-refractivity contribution < 1.29 is 0 Å². The fourth-order valence-electron chi connectivity index (χ4n) is 0.587. The lowest BCUT2D eigenvalue weighted by Gasteiger charge is -1.93. The molecule has 0 atom stereocenters. The lowest BCUT2D eigenvalue weighted by atomic mass is 10.2. The molecule has 62 valence electrons. The maximum Gasteiger partial charge on any atom is 0.0343 e. The Bertz CT molecular complexity index is 173. The van der Waals surface area contributed by atoms with E-state index in [0.717, 1.165) is 11.3 Å². The Balaban J connectivity index is 0.000000292. The van der Waals surface area contributed by atoms with Gasteiger partial charge in [0.1, 0.15) is 0 Å². The molecule has 0 unspecified atom stereocenters. The van der Waals surface area contributed by atoms with Crippen LogP contribution in [-0.4, -0.2) is 0 Å². The smallest absolute Gasteiger partial charge is 0.0343 e. The first-order valence-electron chi connectivity index (χ1n) is 4.03. The van der Waals surface area contributed by atoms with Gasteiger partial charge in [0, 0.05) is 5.69 Å². The normalized spacial score (nSPS) is 8.27. The number of rotatable bonds is 0. The minimum Gasteiger partial charge on any atom is -0.399 e. The van der Waals surface area contributed by atoms with E-state index in [1.54, 1.807) is 0 Å². The number of anilines is 1. The maximum absolute atomic E-state index is 5.52.